The van der Waals surface area contributed by atoms with Crippen LogP contribution in [-0.4, -0.2) is 32.8 Å². The van der Waals surface area contributed by atoms with Gasteiger partial charge in [0.15, 0.2) is 5.96 Å². The second kappa shape index (κ2) is 10.9. The first-order chi connectivity index (χ1) is 10.6. The Morgan fingerprint density at radius 2 is 2.14 bits per heavy atom. The molecule has 0 atom stereocenters. The van der Waals surface area contributed by atoms with Crippen LogP contribution in [0, 0.1) is 5.92 Å². The number of aliphatic imine (C=N–C) groups is 1. The molecule has 0 radical (unpaired) electrons. The fourth-order valence-corrected chi connectivity index (χ4v) is 1.85. The summed E-state index contributed by atoms with van der Waals surface area (Å²) >= 11 is 0. The molecule has 0 unspecified atom stereocenters. The van der Waals surface area contributed by atoms with Crippen LogP contribution in [0.2, 0.25) is 0 Å². The fraction of sp³-hybridized carbons (Fsp3) is 0.588. The molecule has 0 amide bonds. The standard InChI is InChI=1S/C17H29N3O2/c1-14(2)8-9-19-17(18)20-13-15-6-4-7-16(12-15)22-11-5-10-21-3/h4,6-7,12,14H,5,8-11,13H2,1-3H3,(H3,18,19,20). The van der Waals surface area contributed by atoms with E-state index in [0.717, 1.165) is 30.7 Å². The van der Waals surface area contributed by atoms with Crippen molar-refractivity contribution in [3.05, 3.63) is 29.8 Å². The first kappa shape index (κ1) is 18.3. The zero-order valence-corrected chi connectivity index (χ0v) is 14.0. The summed E-state index contributed by atoms with van der Waals surface area (Å²) < 4.78 is 10.7. The molecular formula is C17H29N3O2. The van der Waals surface area contributed by atoms with Crippen molar-refractivity contribution >= 4 is 5.96 Å². The van der Waals surface area contributed by atoms with Gasteiger partial charge in [0.2, 0.25) is 0 Å². The van der Waals surface area contributed by atoms with Gasteiger partial charge in [0.05, 0.1) is 13.2 Å². The van der Waals surface area contributed by atoms with Gasteiger partial charge < -0.3 is 20.5 Å². The molecule has 124 valence electrons. The van der Waals surface area contributed by atoms with Crippen molar-refractivity contribution in [2.24, 2.45) is 16.6 Å². The molecule has 0 saturated carbocycles. The highest BCUT2D eigenvalue weighted by atomic mass is 16.5. The van der Waals surface area contributed by atoms with Gasteiger partial charge in [0.25, 0.3) is 0 Å². The minimum absolute atomic E-state index is 0.493. The van der Waals surface area contributed by atoms with Crippen LogP contribution in [-0.2, 0) is 11.3 Å². The van der Waals surface area contributed by atoms with Crippen LogP contribution in [0.1, 0.15) is 32.3 Å². The van der Waals surface area contributed by atoms with Gasteiger partial charge in [-0.3, -0.25) is 0 Å². The number of ether oxygens (including phenoxy) is 2. The monoisotopic (exact) mass is 307 g/mol. The number of nitrogens with two attached hydrogens (primary N) is 1. The molecule has 0 aliphatic heterocycles. The van der Waals surface area contributed by atoms with E-state index >= 15 is 0 Å². The summed E-state index contributed by atoms with van der Waals surface area (Å²) in [4.78, 5) is 4.35. The zero-order chi connectivity index (χ0) is 16.2. The van der Waals surface area contributed by atoms with E-state index in [2.05, 4.69) is 24.2 Å². The maximum absolute atomic E-state index is 5.85. The molecule has 1 rings (SSSR count). The Labute approximate surface area is 133 Å². The van der Waals surface area contributed by atoms with E-state index in [1.54, 1.807) is 7.11 Å². The minimum Gasteiger partial charge on any atom is -0.493 e. The minimum atomic E-state index is 0.493. The molecule has 0 spiro atoms. The summed E-state index contributed by atoms with van der Waals surface area (Å²) in [5.74, 6) is 2.01. The predicted octanol–water partition coefficient (Wildman–Crippen LogP) is 2.55. The second-order valence-corrected chi connectivity index (χ2v) is 5.65. The van der Waals surface area contributed by atoms with Crippen LogP contribution >= 0.6 is 0 Å². The van der Waals surface area contributed by atoms with Crippen molar-refractivity contribution in [3.63, 3.8) is 0 Å². The fourth-order valence-electron chi connectivity index (χ4n) is 1.85. The van der Waals surface area contributed by atoms with Crippen LogP contribution in [0.3, 0.4) is 0 Å². The van der Waals surface area contributed by atoms with Crippen molar-refractivity contribution < 1.29 is 9.47 Å². The smallest absolute Gasteiger partial charge is 0.188 e. The number of guanidine groups is 1. The molecule has 0 saturated heterocycles. The van der Waals surface area contributed by atoms with Gasteiger partial charge in [-0.1, -0.05) is 26.0 Å². The van der Waals surface area contributed by atoms with E-state index < -0.39 is 0 Å². The number of nitrogens with one attached hydrogen (secondary N) is 1. The largest absolute Gasteiger partial charge is 0.493 e. The van der Waals surface area contributed by atoms with E-state index in [1.165, 1.54) is 0 Å². The first-order valence-electron chi connectivity index (χ1n) is 7.86. The highest BCUT2D eigenvalue weighted by Crippen LogP contribution is 2.14. The number of benzene rings is 1. The van der Waals surface area contributed by atoms with Crippen molar-refractivity contribution in [1.29, 1.82) is 0 Å². The lowest BCUT2D eigenvalue weighted by Gasteiger charge is -2.08. The number of rotatable bonds is 10. The van der Waals surface area contributed by atoms with Gasteiger partial charge in [-0.15, -0.1) is 0 Å². The molecule has 3 N–H and O–H groups in total. The normalized spacial score (nSPS) is 11.7. The van der Waals surface area contributed by atoms with Gasteiger partial charge in [-0.25, -0.2) is 4.99 Å². The van der Waals surface area contributed by atoms with Crippen LogP contribution in [0.5, 0.6) is 5.75 Å². The Bertz CT molecular complexity index is 447. The Hall–Kier alpha value is -1.75. The zero-order valence-electron chi connectivity index (χ0n) is 14.0. The lowest BCUT2D eigenvalue weighted by Crippen LogP contribution is -2.32. The average molecular weight is 307 g/mol. The van der Waals surface area contributed by atoms with Crippen molar-refractivity contribution in [3.8, 4) is 5.75 Å². The second-order valence-electron chi connectivity index (χ2n) is 5.65. The summed E-state index contributed by atoms with van der Waals surface area (Å²) in [6.07, 6.45) is 1.96. The maximum atomic E-state index is 5.85. The number of methoxy groups -OCH3 is 1. The Morgan fingerprint density at radius 1 is 1.32 bits per heavy atom. The molecule has 5 heteroatoms. The average Bonchev–Trinajstić information content (AvgIpc) is 2.50. The van der Waals surface area contributed by atoms with Crippen molar-refractivity contribution in [2.75, 3.05) is 26.9 Å². The van der Waals surface area contributed by atoms with Crippen LogP contribution in [0.25, 0.3) is 0 Å². The number of nitrogens with zero attached hydrogens (tertiary/aromatic N) is 1. The quantitative estimate of drug-likeness (QED) is 0.396. The summed E-state index contributed by atoms with van der Waals surface area (Å²) in [6.45, 7) is 7.15. The molecule has 22 heavy (non-hydrogen) atoms. The molecule has 0 heterocycles. The number of hydrogen-bond donors (Lipinski definition) is 2. The first-order valence-corrected chi connectivity index (χ1v) is 7.86. The van der Waals surface area contributed by atoms with E-state index in [4.69, 9.17) is 15.2 Å². The number of hydrogen-bond acceptors (Lipinski definition) is 3. The van der Waals surface area contributed by atoms with Gasteiger partial charge >= 0.3 is 0 Å². The highest BCUT2D eigenvalue weighted by Gasteiger charge is 1.98. The molecule has 1 aromatic carbocycles. The summed E-state index contributed by atoms with van der Waals surface area (Å²) in [7, 11) is 1.69. The van der Waals surface area contributed by atoms with E-state index in [1.807, 2.05) is 24.3 Å². The molecule has 0 aliphatic rings. The van der Waals surface area contributed by atoms with Crippen molar-refractivity contribution in [2.45, 2.75) is 33.2 Å². The Balaban J connectivity index is 2.38. The van der Waals surface area contributed by atoms with Crippen molar-refractivity contribution in [1.82, 2.24) is 5.32 Å². The van der Waals surface area contributed by atoms with Gasteiger partial charge in [-0.05, 0) is 30.0 Å². The van der Waals surface area contributed by atoms with Crippen LogP contribution < -0.4 is 15.8 Å². The molecule has 0 aromatic heterocycles. The Morgan fingerprint density at radius 3 is 2.86 bits per heavy atom. The maximum Gasteiger partial charge on any atom is 0.188 e. The summed E-state index contributed by atoms with van der Waals surface area (Å²) in [5, 5.41) is 3.13. The molecule has 0 aliphatic carbocycles. The SMILES string of the molecule is COCCCOc1cccc(CN=C(N)NCCC(C)C)c1. The Kier molecular flexibility index (Phi) is 9.07. The molecule has 5 nitrogen and oxygen atoms in total. The third-order valence-electron chi connectivity index (χ3n) is 3.12. The third kappa shape index (κ3) is 8.52. The molecular weight excluding hydrogens is 278 g/mol. The highest BCUT2D eigenvalue weighted by molar-refractivity contribution is 5.77. The topological polar surface area (TPSA) is 68.9 Å². The lowest BCUT2D eigenvalue weighted by atomic mass is 10.1. The summed E-state index contributed by atoms with van der Waals surface area (Å²) in [6, 6.07) is 7.94. The van der Waals surface area contributed by atoms with Crippen LogP contribution in [0.4, 0.5) is 0 Å². The summed E-state index contributed by atoms with van der Waals surface area (Å²) in [5.41, 5.74) is 6.93. The molecule has 1 aromatic rings. The lowest BCUT2D eigenvalue weighted by molar-refractivity contribution is 0.172. The van der Waals surface area contributed by atoms with E-state index in [0.29, 0.717) is 31.6 Å². The van der Waals surface area contributed by atoms with Crippen LogP contribution in [0.15, 0.2) is 29.3 Å². The third-order valence-corrected chi connectivity index (χ3v) is 3.12. The molecule has 0 bridgehead atoms. The van der Waals surface area contributed by atoms with E-state index in [-0.39, 0.29) is 0 Å². The van der Waals surface area contributed by atoms with Gasteiger partial charge in [0, 0.05) is 26.7 Å². The molecule has 0 fully saturated rings. The predicted molar refractivity (Wildman–Crippen MR) is 91.2 cm³/mol. The van der Waals surface area contributed by atoms with E-state index in [9.17, 15) is 0 Å². The van der Waals surface area contributed by atoms with Gasteiger partial charge in [-0.2, -0.15) is 0 Å². The van der Waals surface area contributed by atoms with Gasteiger partial charge in [0.1, 0.15) is 5.75 Å².